The third-order valence-corrected chi connectivity index (χ3v) is 3.77. The maximum atomic E-state index is 12.2. The summed E-state index contributed by atoms with van der Waals surface area (Å²) >= 11 is 5.95. The van der Waals surface area contributed by atoms with E-state index in [2.05, 4.69) is 10.6 Å². The van der Waals surface area contributed by atoms with Gasteiger partial charge in [0.15, 0.2) is 0 Å². The Labute approximate surface area is 141 Å². The maximum absolute atomic E-state index is 12.2. The van der Waals surface area contributed by atoms with Crippen LogP contribution in [-0.4, -0.2) is 24.9 Å². The van der Waals surface area contributed by atoms with Crippen LogP contribution in [0.25, 0.3) is 0 Å². The smallest absolute Gasteiger partial charge is 0.253 e. The Balaban J connectivity index is 0.00000242. The van der Waals surface area contributed by atoms with Gasteiger partial charge in [0.25, 0.3) is 5.91 Å². The average molecular weight is 346 g/mol. The van der Waals surface area contributed by atoms with Gasteiger partial charge in [-0.05, 0) is 37.0 Å². The minimum Gasteiger partial charge on any atom is -0.352 e. The molecule has 0 bridgehead atoms. The van der Waals surface area contributed by atoms with Crippen molar-refractivity contribution in [2.75, 3.05) is 18.4 Å². The molecule has 122 valence electrons. The van der Waals surface area contributed by atoms with Crippen LogP contribution in [0.4, 0.5) is 5.69 Å². The van der Waals surface area contributed by atoms with E-state index in [0.717, 1.165) is 12.8 Å². The van der Waals surface area contributed by atoms with Gasteiger partial charge in [0, 0.05) is 24.0 Å². The molecule has 0 radical (unpaired) electrons. The quantitative estimate of drug-likeness (QED) is 0.740. The van der Waals surface area contributed by atoms with Gasteiger partial charge in [-0.25, -0.2) is 0 Å². The van der Waals surface area contributed by atoms with Crippen molar-refractivity contribution >= 4 is 41.5 Å². The van der Waals surface area contributed by atoms with Crippen molar-refractivity contribution < 1.29 is 9.59 Å². The number of rotatable bonds is 6. The van der Waals surface area contributed by atoms with E-state index < -0.39 is 0 Å². The van der Waals surface area contributed by atoms with Crippen LogP contribution < -0.4 is 16.4 Å². The highest BCUT2D eigenvalue weighted by atomic mass is 35.5. The molecule has 0 heterocycles. The second-order valence-corrected chi connectivity index (χ2v) is 5.91. The molecule has 1 aliphatic carbocycles. The van der Waals surface area contributed by atoms with Gasteiger partial charge >= 0.3 is 0 Å². The van der Waals surface area contributed by atoms with Crippen LogP contribution in [0.15, 0.2) is 18.2 Å². The number of carbonyl (C=O) groups excluding carboxylic acids is 2. The van der Waals surface area contributed by atoms with Gasteiger partial charge < -0.3 is 16.4 Å². The van der Waals surface area contributed by atoms with Crippen molar-refractivity contribution in [2.24, 2.45) is 17.6 Å². The number of amides is 2. The first kappa shape index (κ1) is 18.7. The molecule has 1 atom stereocenters. The average Bonchev–Trinajstić information content (AvgIpc) is 3.29. The van der Waals surface area contributed by atoms with Gasteiger partial charge in [0.05, 0.1) is 11.3 Å². The standard InChI is InChI=1S/C15H20ClN3O2.ClH/c1-9(7-17)14(20)19-13-5-4-11(16)6-12(13)15(21)18-8-10-2-3-10;/h4-6,9-10H,2-3,7-8,17H2,1H3,(H,18,21)(H,19,20);1H. The van der Waals surface area contributed by atoms with Crippen LogP contribution in [0.1, 0.15) is 30.1 Å². The molecule has 7 heteroatoms. The van der Waals surface area contributed by atoms with Crippen LogP contribution >= 0.6 is 24.0 Å². The lowest BCUT2D eigenvalue weighted by Crippen LogP contribution is -2.30. The summed E-state index contributed by atoms with van der Waals surface area (Å²) in [6.45, 7) is 2.65. The largest absolute Gasteiger partial charge is 0.352 e. The summed E-state index contributed by atoms with van der Waals surface area (Å²) in [7, 11) is 0. The Morgan fingerprint density at radius 2 is 2.09 bits per heavy atom. The summed E-state index contributed by atoms with van der Waals surface area (Å²) in [5.74, 6) is -0.164. The summed E-state index contributed by atoms with van der Waals surface area (Å²) < 4.78 is 0. The normalized spacial score (nSPS) is 14.7. The predicted octanol–water partition coefficient (Wildman–Crippen LogP) is 2.43. The fourth-order valence-corrected chi connectivity index (χ4v) is 2.00. The van der Waals surface area contributed by atoms with Crippen LogP contribution in [0, 0.1) is 11.8 Å². The molecule has 4 N–H and O–H groups in total. The predicted molar refractivity (Wildman–Crippen MR) is 90.6 cm³/mol. The highest BCUT2D eigenvalue weighted by molar-refractivity contribution is 6.31. The molecule has 22 heavy (non-hydrogen) atoms. The van der Waals surface area contributed by atoms with Crippen molar-refractivity contribution in [3.63, 3.8) is 0 Å². The Hall–Kier alpha value is -1.30. The first-order chi connectivity index (χ1) is 10.0. The molecule has 2 amide bonds. The molecule has 5 nitrogen and oxygen atoms in total. The van der Waals surface area contributed by atoms with E-state index in [-0.39, 0.29) is 36.7 Å². The highest BCUT2D eigenvalue weighted by Crippen LogP contribution is 2.28. The van der Waals surface area contributed by atoms with E-state index in [1.165, 1.54) is 0 Å². The number of halogens is 2. The molecule has 1 aromatic carbocycles. The van der Waals surface area contributed by atoms with Gasteiger partial charge in [0.1, 0.15) is 0 Å². The summed E-state index contributed by atoms with van der Waals surface area (Å²) in [6, 6.07) is 4.84. The third-order valence-electron chi connectivity index (χ3n) is 3.53. The number of benzene rings is 1. The number of carbonyl (C=O) groups is 2. The minimum absolute atomic E-state index is 0. The summed E-state index contributed by atoms with van der Waals surface area (Å²) in [4.78, 5) is 24.1. The summed E-state index contributed by atoms with van der Waals surface area (Å²) in [5.41, 5.74) is 6.31. The second-order valence-electron chi connectivity index (χ2n) is 5.47. The summed E-state index contributed by atoms with van der Waals surface area (Å²) in [6.07, 6.45) is 2.32. The fraction of sp³-hybridized carbons (Fsp3) is 0.467. The van der Waals surface area contributed by atoms with Crippen molar-refractivity contribution in [1.82, 2.24) is 5.32 Å². The molecular formula is C15H21Cl2N3O2. The zero-order valence-corrected chi connectivity index (χ0v) is 14.0. The SMILES string of the molecule is CC(CN)C(=O)Nc1ccc(Cl)cc1C(=O)NCC1CC1.Cl. The van der Waals surface area contributed by atoms with Crippen LogP contribution in [0.2, 0.25) is 5.02 Å². The molecule has 0 spiro atoms. The zero-order chi connectivity index (χ0) is 15.4. The first-order valence-corrected chi connectivity index (χ1v) is 7.47. The topological polar surface area (TPSA) is 84.2 Å². The molecule has 1 unspecified atom stereocenters. The molecule has 0 aromatic heterocycles. The Morgan fingerprint density at radius 3 is 2.68 bits per heavy atom. The molecule has 1 fully saturated rings. The van der Waals surface area contributed by atoms with Crippen LogP contribution in [-0.2, 0) is 4.79 Å². The van der Waals surface area contributed by atoms with Gasteiger partial charge in [-0.3, -0.25) is 9.59 Å². The number of nitrogens with one attached hydrogen (secondary N) is 2. The van der Waals surface area contributed by atoms with E-state index in [0.29, 0.717) is 28.7 Å². The Morgan fingerprint density at radius 1 is 1.41 bits per heavy atom. The number of anilines is 1. The van der Waals surface area contributed by atoms with Gasteiger partial charge in [0.2, 0.25) is 5.91 Å². The number of hydrogen-bond acceptors (Lipinski definition) is 3. The molecule has 0 saturated heterocycles. The zero-order valence-electron chi connectivity index (χ0n) is 12.4. The lowest BCUT2D eigenvalue weighted by Gasteiger charge is -2.14. The van der Waals surface area contributed by atoms with Crippen LogP contribution in [0.3, 0.4) is 0 Å². The lowest BCUT2D eigenvalue weighted by atomic mass is 10.1. The fourth-order valence-electron chi connectivity index (χ4n) is 1.83. The first-order valence-electron chi connectivity index (χ1n) is 7.10. The minimum atomic E-state index is -0.317. The lowest BCUT2D eigenvalue weighted by molar-refractivity contribution is -0.119. The van der Waals surface area contributed by atoms with Gasteiger partial charge in [-0.1, -0.05) is 18.5 Å². The van der Waals surface area contributed by atoms with Crippen molar-refractivity contribution in [3.05, 3.63) is 28.8 Å². The van der Waals surface area contributed by atoms with Crippen molar-refractivity contribution in [1.29, 1.82) is 0 Å². The molecule has 1 aromatic rings. The van der Waals surface area contributed by atoms with E-state index in [4.69, 9.17) is 17.3 Å². The van der Waals surface area contributed by atoms with E-state index in [1.54, 1.807) is 25.1 Å². The second kappa shape index (κ2) is 8.36. The molecular weight excluding hydrogens is 325 g/mol. The molecule has 1 aliphatic rings. The molecule has 0 aliphatic heterocycles. The Kier molecular flexibility index (Phi) is 7.13. The summed E-state index contributed by atoms with van der Waals surface area (Å²) in [5, 5.41) is 6.06. The van der Waals surface area contributed by atoms with Gasteiger partial charge in [-0.2, -0.15) is 0 Å². The third kappa shape index (κ3) is 5.16. The van der Waals surface area contributed by atoms with E-state index in [1.807, 2.05) is 0 Å². The Bertz CT molecular complexity index is 548. The van der Waals surface area contributed by atoms with Crippen molar-refractivity contribution in [2.45, 2.75) is 19.8 Å². The van der Waals surface area contributed by atoms with Crippen molar-refractivity contribution in [3.8, 4) is 0 Å². The van der Waals surface area contributed by atoms with Crippen LogP contribution in [0.5, 0.6) is 0 Å². The highest BCUT2D eigenvalue weighted by Gasteiger charge is 2.23. The van der Waals surface area contributed by atoms with Gasteiger partial charge in [-0.15, -0.1) is 12.4 Å². The number of nitrogens with two attached hydrogens (primary N) is 1. The van der Waals surface area contributed by atoms with E-state index >= 15 is 0 Å². The maximum Gasteiger partial charge on any atom is 0.253 e. The molecule has 2 rings (SSSR count). The number of hydrogen-bond donors (Lipinski definition) is 3. The molecule has 1 saturated carbocycles. The monoisotopic (exact) mass is 345 g/mol. The van der Waals surface area contributed by atoms with E-state index in [9.17, 15) is 9.59 Å².